The van der Waals surface area contributed by atoms with E-state index in [9.17, 15) is 9.59 Å². The predicted molar refractivity (Wildman–Crippen MR) is 112 cm³/mol. The van der Waals surface area contributed by atoms with Crippen LogP contribution in [0.2, 0.25) is 0 Å². The molecule has 30 heavy (non-hydrogen) atoms. The number of amides is 1. The summed E-state index contributed by atoms with van der Waals surface area (Å²) in [7, 11) is 0. The summed E-state index contributed by atoms with van der Waals surface area (Å²) in [5, 5.41) is 11.5. The topological polar surface area (TPSA) is 88.4 Å². The standard InChI is InChI=1S/C24H20N2O4/c1-17-6-4-8-19(12-17)15-29-22-11-3-2-10-21(22)24(28)30-16-23(27)26-20-9-5-7-18(13-20)14-25/h2-13H,15-16H2,1H3,(H,26,27). The highest BCUT2D eigenvalue weighted by Gasteiger charge is 2.15. The lowest BCUT2D eigenvalue weighted by atomic mass is 10.1. The summed E-state index contributed by atoms with van der Waals surface area (Å²) in [5.74, 6) is -0.779. The van der Waals surface area contributed by atoms with Crippen LogP contribution in [0.4, 0.5) is 5.69 Å². The molecule has 1 amide bonds. The van der Waals surface area contributed by atoms with Crippen molar-refractivity contribution in [3.63, 3.8) is 0 Å². The Kier molecular flexibility index (Phi) is 6.80. The van der Waals surface area contributed by atoms with E-state index in [2.05, 4.69) is 5.32 Å². The molecule has 0 bridgehead atoms. The van der Waals surface area contributed by atoms with Crippen LogP contribution in [0.1, 0.15) is 27.0 Å². The number of rotatable bonds is 7. The van der Waals surface area contributed by atoms with Gasteiger partial charge in [0.2, 0.25) is 0 Å². The minimum atomic E-state index is -0.657. The second-order valence-electron chi connectivity index (χ2n) is 6.59. The van der Waals surface area contributed by atoms with Gasteiger partial charge in [0.1, 0.15) is 17.9 Å². The third kappa shape index (κ3) is 5.69. The maximum atomic E-state index is 12.5. The zero-order valence-electron chi connectivity index (χ0n) is 16.4. The molecule has 150 valence electrons. The summed E-state index contributed by atoms with van der Waals surface area (Å²) in [6, 6.07) is 23.1. The molecular formula is C24H20N2O4. The van der Waals surface area contributed by atoms with Crippen molar-refractivity contribution in [2.45, 2.75) is 13.5 Å². The van der Waals surface area contributed by atoms with Crippen molar-refractivity contribution in [1.82, 2.24) is 0 Å². The molecule has 3 rings (SSSR count). The van der Waals surface area contributed by atoms with E-state index in [1.165, 1.54) is 6.07 Å². The van der Waals surface area contributed by atoms with Crippen molar-refractivity contribution in [3.8, 4) is 11.8 Å². The molecule has 3 aromatic carbocycles. The van der Waals surface area contributed by atoms with Crippen molar-refractivity contribution < 1.29 is 19.1 Å². The quantitative estimate of drug-likeness (QED) is 0.599. The zero-order chi connectivity index (χ0) is 21.3. The number of ether oxygens (including phenoxy) is 2. The van der Waals surface area contributed by atoms with E-state index in [-0.39, 0.29) is 5.56 Å². The molecule has 6 heteroatoms. The number of nitrogens with zero attached hydrogens (tertiary/aromatic N) is 1. The van der Waals surface area contributed by atoms with E-state index >= 15 is 0 Å². The van der Waals surface area contributed by atoms with Crippen molar-refractivity contribution >= 4 is 17.6 Å². The molecule has 0 aliphatic rings. The van der Waals surface area contributed by atoms with E-state index in [4.69, 9.17) is 14.7 Å². The van der Waals surface area contributed by atoms with Gasteiger partial charge in [-0.25, -0.2) is 4.79 Å². The van der Waals surface area contributed by atoms with E-state index in [0.717, 1.165) is 11.1 Å². The first-order chi connectivity index (χ1) is 14.5. The Morgan fingerprint density at radius 2 is 1.80 bits per heavy atom. The zero-order valence-corrected chi connectivity index (χ0v) is 16.4. The predicted octanol–water partition coefficient (Wildman–Crippen LogP) is 4.24. The van der Waals surface area contributed by atoms with Gasteiger partial charge in [0.15, 0.2) is 6.61 Å². The van der Waals surface area contributed by atoms with Crippen LogP contribution in [0.3, 0.4) is 0 Å². The van der Waals surface area contributed by atoms with Crippen molar-refractivity contribution in [3.05, 3.63) is 95.1 Å². The van der Waals surface area contributed by atoms with E-state index in [1.807, 2.05) is 37.3 Å². The Labute approximate surface area is 174 Å². The second kappa shape index (κ2) is 9.89. The van der Waals surface area contributed by atoms with E-state index in [0.29, 0.717) is 23.6 Å². The van der Waals surface area contributed by atoms with Crippen LogP contribution < -0.4 is 10.1 Å². The Balaban J connectivity index is 1.58. The summed E-state index contributed by atoms with van der Waals surface area (Å²) in [6.07, 6.45) is 0. The molecule has 0 aliphatic heterocycles. The molecule has 0 aromatic heterocycles. The normalized spacial score (nSPS) is 10.0. The number of nitriles is 1. The minimum absolute atomic E-state index is 0.240. The van der Waals surface area contributed by atoms with Gasteiger partial charge in [-0.2, -0.15) is 5.26 Å². The highest BCUT2D eigenvalue weighted by atomic mass is 16.5. The highest BCUT2D eigenvalue weighted by Crippen LogP contribution is 2.21. The van der Waals surface area contributed by atoms with Gasteiger partial charge in [-0.3, -0.25) is 4.79 Å². The monoisotopic (exact) mass is 400 g/mol. The molecular weight excluding hydrogens is 380 g/mol. The van der Waals surface area contributed by atoms with Crippen LogP contribution in [0, 0.1) is 18.3 Å². The Bertz CT molecular complexity index is 1100. The summed E-state index contributed by atoms with van der Waals surface area (Å²) in [5.41, 5.74) is 3.22. The SMILES string of the molecule is Cc1cccc(COc2ccccc2C(=O)OCC(=O)Nc2cccc(C#N)c2)c1. The van der Waals surface area contributed by atoms with Gasteiger partial charge < -0.3 is 14.8 Å². The van der Waals surface area contributed by atoms with Crippen LogP contribution in [-0.2, 0) is 16.1 Å². The number of carbonyl (C=O) groups is 2. The van der Waals surface area contributed by atoms with Gasteiger partial charge in [0, 0.05) is 5.69 Å². The molecule has 0 saturated carbocycles. The maximum absolute atomic E-state index is 12.5. The number of benzene rings is 3. The lowest BCUT2D eigenvalue weighted by Crippen LogP contribution is -2.21. The molecule has 1 N–H and O–H groups in total. The van der Waals surface area contributed by atoms with Crippen LogP contribution in [0.5, 0.6) is 5.75 Å². The molecule has 0 saturated heterocycles. The van der Waals surface area contributed by atoms with Crippen LogP contribution in [-0.4, -0.2) is 18.5 Å². The van der Waals surface area contributed by atoms with Gasteiger partial charge in [-0.05, 0) is 42.8 Å². The third-order valence-electron chi connectivity index (χ3n) is 4.19. The first kappa shape index (κ1) is 20.6. The fraction of sp³-hybridized carbons (Fsp3) is 0.125. The molecule has 0 radical (unpaired) electrons. The van der Waals surface area contributed by atoms with Gasteiger partial charge in [-0.1, -0.05) is 48.0 Å². The van der Waals surface area contributed by atoms with Gasteiger partial charge in [0.05, 0.1) is 11.6 Å². The van der Waals surface area contributed by atoms with Crippen LogP contribution in [0.25, 0.3) is 0 Å². The molecule has 0 fully saturated rings. The molecule has 0 spiro atoms. The Hall–Kier alpha value is -4.11. The Morgan fingerprint density at radius 1 is 1.00 bits per heavy atom. The van der Waals surface area contributed by atoms with Gasteiger partial charge in [0.25, 0.3) is 5.91 Å². The number of anilines is 1. The molecule has 0 unspecified atom stereocenters. The van der Waals surface area contributed by atoms with Gasteiger partial charge >= 0.3 is 5.97 Å². The third-order valence-corrected chi connectivity index (χ3v) is 4.19. The number of hydrogen-bond acceptors (Lipinski definition) is 5. The first-order valence-corrected chi connectivity index (χ1v) is 9.29. The number of esters is 1. The average Bonchev–Trinajstić information content (AvgIpc) is 2.76. The first-order valence-electron chi connectivity index (χ1n) is 9.29. The number of para-hydroxylation sites is 1. The van der Waals surface area contributed by atoms with E-state index < -0.39 is 18.5 Å². The molecule has 6 nitrogen and oxygen atoms in total. The fourth-order valence-corrected chi connectivity index (χ4v) is 2.80. The Morgan fingerprint density at radius 3 is 2.60 bits per heavy atom. The summed E-state index contributed by atoms with van der Waals surface area (Å²) in [6.45, 7) is 1.85. The highest BCUT2D eigenvalue weighted by molar-refractivity contribution is 5.96. The molecule has 0 aliphatic carbocycles. The smallest absolute Gasteiger partial charge is 0.342 e. The number of hydrogen-bond donors (Lipinski definition) is 1. The number of aryl methyl sites for hydroxylation is 1. The van der Waals surface area contributed by atoms with Crippen LogP contribution >= 0.6 is 0 Å². The average molecular weight is 400 g/mol. The maximum Gasteiger partial charge on any atom is 0.342 e. The minimum Gasteiger partial charge on any atom is -0.488 e. The molecule has 0 heterocycles. The lowest BCUT2D eigenvalue weighted by Gasteiger charge is -2.12. The van der Waals surface area contributed by atoms with Crippen molar-refractivity contribution in [2.24, 2.45) is 0 Å². The van der Waals surface area contributed by atoms with Crippen LogP contribution in [0.15, 0.2) is 72.8 Å². The largest absolute Gasteiger partial charge is 0.488 e. The molecule has 3 aromatic rings. The van der Waals surface area contributed by atoms with E-state index in [1.54, 1.807) is 42.5 Å². The van der Waals surface area contributed by atoms with Crippen molar-refractivity contribution in [1.29, 1.82) is 5.26 Å². The number of carbonyl (C=O) groups excluding carboxylic acids is 2. The summed E-state index contributed by atoms with van der Waals surface area (Å²) in [4.78, 5) is 24.5. The summed E-state index contributed by atoms with van der Waals surface area (Å²) >= 11 is 0. The fourth-order valence-electron chi connectivity index (χ4n) is 2.80. The van der Waals surface area contributed by atoms with Crippen molar-refractivity contribution in [2.75, 3.05) is 11.9 Å². The molecule has 0 atom stereocenters. The lowest BCUT2D eigenvalue weighted by molar-refractivity contribution is -0.119. The van der Waals surface area contributed by atoms with Gasteiger partial charge in [-0.15, -0.1) is 0 Å². The summed E-state index contributed by atoms with van der Waals surface area (Å²) < 4.78 is 10.9. The number of nitrogens with one attached hydrogen (secondary N) is 1. The second-order valence-corrected chi connectivity index (χ2v) is 6.59.